The first-order valence-corrected chi connectivity index (χ1v) is 3.61. The fourth-order valence-electron chi connectivity index (χ4n) is 1.40. The molecule has 62 valence electrons. The highest BCUT2D eigenvalue weighted by atomic mass is 35.5. The zero-order valence-corrected chi connectivity index (χ0v) is 6.97. The molecule has 2 rings (SSSR count). The second-order valence-corrected chi connectivity index (χ2v) is 2.66. The molecular weight excluding hydrogens is 164 g/mol. The summed E-state index contributed by atoms with van der Waals surface area (Å²) in [5.74, 6) is 0.361. The number of fused-ring (bicyclic) bond motifs is 1. The van der Waals surface area contributed by atoms with Crippen molar-refractivity contribution in [1.29, 1.82) is 0 Å². The van der Waals surface area contributed by atoms with Crippen LogP contribution in [0.2, 0.25) is 0 Å². The van der Waals surface area contributed by atoms with Gasteiger partial charge in [0, 0.05) is 6.54 Å². The highest BCUT2D eigenvalue weighted by Gasteiger charge is 2.12. The summed E-state index contributed by atoms with van der Waals surface area (Å²) in [6.07, 6.45) is 4.87. The standard InChI is InChI=1S/C7H10N2O.ClH/c10-7-5-8-9-4-2-1-3-6(7)9;/h5,10H,1-4H2;1H. The molecule has 0 radical (unpaired) electrons. The lowest BCUT2D eigenvalue weighted by atomic mass is 10.1. The highest BCUT2D eigenvalue weighted by Crippen LogP contribution is 2.22. The summed E-state index contributed by atoms with van der Waals surface area (Å²) in [6.45, 7) is 0.968. The van der Waals surface area contributed by atoms with Crippen molar-refractivity contribution in [3.8, 4) is 5.75 Å². The van der Waals surface area contributed by atoms with E-state index in [0.29, 0.717) is 5.75 Å². The fraction of sp³-hybridized carbons (Fsp3) is 0.571. The molecule has 1 aliphatic heterocycles. The summed E-state index contributed by atoms with van der Waals surface area (Å²) < 4.78 is 1.89. The molecule has 4 heteroatoms. The zero-order valence-electron chi connectivity index (χ0n) is 6.16. The molecule has 1 aromatic heterocycles. The van der Waals surface area contributed by atoms with Crippen LogP contribution >= 0.6 is 12.4 Å². The van der Waals surface area contributed by atoms with Crippen molar-refractivity contribution in [2.45, 2.75) is 25.8 Å². The summed E-state index contributed by atoms with van der Waals surface area (Å²) in [5.41, 5.74) is 1.01. The molecule has 0 saturated heterocycles. The van der Waals surface area contributed by atoms with E-state index in [1.54, 1.807) is 0 Å². The molecule has 0 aliphatic carbocycles. The summed E-state index contributed by atoms with van der Waals surface area (Å²) in [7, 11) is 0. The van der Waals surface area contributed by atoms with Gasteiger partial charge >= 0.3 is 0 Å². The molecule has 0 aromatic carbocycles. The quantitative estimate of drug-likeness (QED) is 0.645. The smallest absolute Gasteiger partial charge is 0.156 e. The van der Waals surface area contributed by atoms with Gasteiger partial charge in [-0.2, -0.15) is 5.10 Å². The van der Waals surface area contributed by atoms with Crippen LogP contribution in [0, 0.1) is 0 Å². The number of aromatic hydroxyl groups is 1. The van der Waals surface area contributed by atoms with E-state index in [4.69, 9.17) is 0 Å². The predicted octanol–water partition coefficient (Wildman–Crippen LogP) is 1.35. The van der Waals surface area contributed by atoms with Crippen LogP contribution < -0.4 is 0 Å². The van der Waals surface area contributed by atoms with E-state index in [0.717, 1.165) is 18.7 Å². The maximum absolute atomic E-state index is 9.21. The number of hydrogen-bond donors (Lipinski definition) is 1. The number of nitrogens with zero attached hydrogens (tertiary/aromatic N) is 2. The SMILES string of the molecule is Cl.Oc1cnn2c1CCCC2. The Bertz CT molecular complexity index is 247. The molecule has 0 atom stereocenters. The summed E-state index contributed by atoms with van der Waals surface area (Å²) >= 11 is 0. The predicted molar refractivity (Wildman–Crippen MR) is 44.1 cm³/mol. The highest BCUT2D eigenvalue weighted by molar-refractivity contribution is 5.85. The molecular formula is C7H11ClN2O. The van der Waals surface area contributed by atoms with Crippen LogP contribution in [0.1, 0.15) is 18.5 Å². The van der Waals surface area contributed by atoms with E-state index in [2.05, 4.69) is 5.10 Å². The van der Waals surface area contributed by atoms with Crippen LogP contribution in [-0.2, 0) is 13.0 Å². The van der Waals surface area contributed by atoms with Gasteiger partial charge in [0.2, 0.25) is 0 Å². The Kier molecular flexibility index (Phi) is 2.39. The topological polar surface area (TPSA) is 38.1 Å². The maximum Gasteiger partial charge on any atom is 0.156 e. The second-order valence-electron chi connectivity index (χ2n) is 2.66. The van der Waals surface area contributed by atoms with Gasteiger partial charge in [0.25, 0.3) is 0 Å². The summed E-state index contributed by atoms with van der Waals surface area (Å²) in [6, 6.07) is 0. The number of rotatable bonds is 0. The number of aromatic nitrogens is 2. The first-order valence-electron chi connectivity index (χ1n) is 3.61. The Hall–Kier alpha value is -0.700. The van der Waals surface area contributed by atoms with Crippen LogP contribution in [0.15, 0.2) is 6.20 Å². The van der Waals surface area contributed by atoms with E-state index in [1.807, 2.05) is 4.68 Å². The molecule has 0 fully saturated rings. The molecule has 1 aliphatic rings. The Balaban J connectivity index is 0.000000605. The van der Waals surface area contributed by atoms with E-state index in [-0.39, 0.29) is 12.4 Å². The van der Waals surface area contributed by atoms with Crippen LogP contribution in [-0.4, -0.2) is 14.9 Å². The van der Waals surface area contributed by atoms with Gasteiger partial charge in [-0.05, 0) is 19.3 Å². The van der Waals surface area contributed by atoms with E-state index in [9.17, 15) is 5.11 Å². The Morgan fingerprint density at radius 2 is 2.27 bits per heavy atom. The largest absolute Gasteiger partial charge is 0.504 e. The molecule has 2 heterocycles. The van der Waals surface area contributed by atoms with Crippen LogP contribution in [0.5, 0.6) is 5.75 Å². The van der Waals surface area contributed by atoms with Crippen molar-refractivity contribution >= 4 is 12.4 Å². The molecule has 0 bridgehead atoms. The molecule has 1 N–H and O–H groups in total. The Labute approximate surface area is 71.4 Å². The van der Waals surface area contributed by atoms with Crippen LogP contribution in [0.25, 0.3) is 0 Å². The minimum Gasteiger partial charge on any atom is -0.504 e. The zero-order chi connectivity index (χ0) is 6.97. The van der Waals surface area contributed by atoms with Crippen molar-refractivity contribution in [2.75, 3.05) is 0 Å². The first-order chi connectivity index (χ1) is 4.88. The molecule has 0 spiro atoms. The van der Waals surface area contributed by atoms with Gasteiger partial charge in [0.15, 0.2) is 5.75 Å². The van der Waals surface area contributed by atoms with Crippen molar-refractivity contribution in [1.82, 2.24) is 9.78 Å². The monoisotopic (exact) mass is 174 g/mol. The Morgan fingerprint density at radius 1 is 1.45 bits per heavy atom. The van der Waals surface area contributed by atoms with E-state index in [1.165, 1.54) is 19.0 Å². The number of halogens is 1. The summed E-state index contributed by atoms with van der Waals surface area (Å²) in [4.78, 5) is 0. The van der Waals surface area contributed by atoms with Crippen LogP contribution in [0.3, 0.4) is 0 Å². The molecule has 3 nitrogen and oxygen atoms in total. The van der Waals surface area contributed by atoms with E-state index >= 15 is 0 Å². The second kappa shape index (κ2) is 3.13. The first kappa shape index (κ1) is 8.40. The lowest BCUT2D eigenvalue weighted by molar-refractivity contribution is 0.439. The van der Waals surface area contributed by atoms with Crippen LogP contribution in [0.4, 0.5) is 0 Å². The van der Waals surface area contributed by atoms with Gasteiger partial charge in [0.1, 0.15) is 0 Å². The Morgan fingerprint density at radius 3 is 3.00 bits per heavy atom. The summed E-state index contributed by atoms with van der Waals surface area (Å²) in [5, 5.41) is 13.2. The average molecular weight is 175 g/mol. The molecule has 1 aromatic rings. The minimum absolute atomic E-state index is 0. The fourth-order valence-corrected chi connectivity index (χ4v) is 1.40. The lowest BCUT2D eigenvalue weighted by Crippen LogP contribution is -2.10. The third kappa shape index (κ3) is 1.33. The molecule has 0 amide bonds. The van der Waals surface area contributed by atoms with Gasteiger partial charge in [-0.1, -0.05) is 0 Å². The minimum atomic E-state index is 0. The molecule has 0 saturated carbocycles. The molecule has 11 heavy (non-hydrogen) atoms. The van der Waals surface area contributed by atoms with Crippen molar-refractivity contribution in [3.63, 3.8) is 0 Å². The lowest BCUT2D eigenvalue weighted by Gasteiger charge is -2.12. The van der Waals surface area contributed by atoms with Gasteiger partial charge in [-0.3, -0.25) is 4.68 Å². The number of hydrogen-bond acceptors (Lipinski definition) is 2. The normalized spacial score (nSPS) is 15.3. The van der Waals surface area contributed by atoms with Gasteiger partial charge < -0.3 is 5.11 Å². The van der Waals surface area contributed by atoms with Gasteiger partial charge in [-0.15, -0.1) is 12.4 Å². The van der Waals surface area contributed by atoms with Gasteiger partial charge in [-0.25, -0.2) is 0 Å². The molecule has 0 unspecified atom stereocenters. The number of aryl methyl sites for hydroxylation is 1. The van der Waals surface area contributed by atoms with Crippen molar-refractivity contribution < 1.29 is 5.11 Å². The third-order valence-corrected chi connectivity index (χ3v) is 1.96. The van der Waals surface area contributed by atoms with Crippen molar-refractivity contribution in [3.05, 3.63) is 11.9 Å². The van der Waals surface area contributed by atoms with E-state index < -0.39 is 0 Å². The maximum atomic E-state index is 9.21. The third-order valence-electron chi connectivity index (χ3n) is 1.96. The van der Waals surface area contributed by atoms with Gasteiger partial charge in [0.05, 0.1) is 11.9 Å². The average Bonchev–Trinajstić information content (AvgIpc) is 2.34. The van der Waals surface area contributed by atoms with Crippen molar-refractivity contribution in [2.24, 2.45) is 0 Å².